The molecule has 2 aromatic rings. The molecule has 5 heteroatoms. The van der Waals surface area contributed by atoms with Gasteiger partial charge in [0.1, 0.15) is 0 Å². The number of benzene rings is 1. The average Bonchev–Trinajstić information content (AvgIpc) is 2.25. The maximum absolute atomic E-state index is 11.3. The molecule has 0 bridgehead atoms. The molecular weight excluding hydrogens is 291 g/mol. The summed E-state index contributed by atoms with van der Waals surface area (Å²) in [6.45, 7) is 1.83. The van der Waals surface area contributed by atoms with Crippen LogP contribution in [0.3, 0.4) is 0 Å². The summed E-state index contributed by atoms with van der Waals surface area (Å²) >= 11 is 8.93. The molecule has 0 aliphatic rings. The van der Waals surface area contributed by atoms with E-state index < -0.39 is 0 Å². The second kappa shape index (κ2) is 4.39. The second-order valence-electron chi connectivity index (χ2n) is 3.33. The highest BCUT2D eigenvalue weighted by Gasteiger charge is 2.04. The summed E-state index contributed by atoms with van der Waals surface area (Å²) in [6, 6.07) is 8.79. The summed E-state index contributed by atoms with van der Waals surface area (Å²) in [5, 5.41) is 4.82. The molecule has 0 saturated heterocycles. The molecule has 0 aliphatic carbocycles. The van der Waals surface area contributed by atoms with Gasteiger partial charge in [-0.2, -0.15) is 5.10 Å². The van der Waals surface area contributed by atoms with Crippen molar-refractivity contribution in [2.75, 3.05) is 0 Å². The molecule has 0 aliphatic heterocycles. The lowest BCUT2D eigenvalue weighted by Gasteiger charge is -2.09. The first kappa shape index (κ1) is 11.4. The van der Waals surface area contributed by atoms with Crippen LogP contribution in [0.1, 0.15) is 5.69 Å². The van der Waals surface area contributed by atoms with Crippen LogP contribution >= 0.6 is 27.5 Å². The molecule has 16 heavy (non-hydrogen) atoms. The van der Waals surface area contributed by atoms with Gasteiger partial charge in [-0.3, -0.25) is 4.79 Å². The van der Waals surface area contributed by atoms with Crippen LogP contribution in [-0.4, -0.2) is 9.78 Å². The third kappa shape index (κ3) is 2.18. The Morgan fingerprint density at radius 2 is 1.94 bits per heavy atom. The van der Waals surface area contributed by atoms with Gasteiger partial charge in [0.2, 0.25) is 5.43 Å². The second-order valence-corrected chi connectivity index (χ2v) is 4.52. The Hall–Kier alpha value is -1.13. The molecule has 3 nitrogen and oxygen atoms in total. The Labute approximate surface area is 106 Å². The zero-order valence-electron chi connectivity index (χ0n) is 8.45. The van der Waals surface area contributed by atoms with Gasteiger partial charge in [0.05, 0.1) is 5.69 Å². The molecule has 1 heterocycles. The van der Waals surface area contributed by atoms with E-state index in [1.807, 2.05) is 19.1 Å². The molecule has 0 amide bonds. The van der Waals surface area contributed by atoms with E-state index in [0.29, 0.717) is 9.63 Å². The van der Waals surface area contributed by atoms with E-state index >= 15 is 0 Å². The first-order chi connectivity index (χ1) is 7.58. The first-order valence-corrected chi connectivity index (χ1v) is 5.77. The van der Waals surface area contributed by atoms with Crippen molar-refractivity contribution in [3.05, 3.63) is 55.9 Å². The molecule has 0 fully saturated rings. The normalized spacial score (nSPS) is 10.4. The molecule has 2 rings (SSSR count). The molecule has 0 atom stereocenters. The number of hydrogen-bond acceptors (Lipinski definition) is 2. The number of rotatable bonds is 1. The SMILES string of the molecule is Cc1cc(=O)c(Br)nn1-c1ccc(Cl)cc1. The molecule has 0 N–H and O–H groups in total. The van der Waals surface area contributed by atoms with Crippen molar-refractivity contribution in [3.63, 3.8) is 0 Å². The van der Waals surface area contributed by atoms with Gasteiger partial charge < -0.3 is 0 Å². The Balaban J connectivity index is 2.60. The van der Waals surface area contributed by atoms with Gasteiger partial charge in [-0.05, 0) is 47.1 Å². The summed E-state index contributed by atoms with van der Waals surface area (Å²) in [5.74, 6) is 0. The van der Waals surface area contributed by atoms with E-state index in [1.54, 1.807) is 16.8 Å². The van der Waals surface area contributed by atoms with E-state index in [4.69, 9.17) is 11.6 Å². The van der Waals surface area contributed by atoms with Crippen LogP contribution < -0.4 is 5.43 Å². The van der Waals surface area contributed by atoms with Crippen LogP contribution in [0.2, 0.25) is 5.02 Å². The van der Waals surface area contributed by atoms with E-state index in [2.05, 4.69) is 21.0 Å². The predicted octanol–water partition coefficient (Wildman–Crippen LogP) is 2.96. The fraction of sp³-hybridized carbons (Fsp3) is 0.0909. The van der Waals surface area contributed by atoms with Crippen LogP contribution in [0.4, 0.5) is 0 Å². The standard InChI is InChI=1S/C11H8BrClN2O/c1-7-6-10(16)11(12)14-15(7)9-4-2-8(13)3-5-9/h2-6H,1H3. The summed E-state index contributed by atoms with van der Waals surface area (Å²) in [7, 11) is 0. The average molecular weight is 300 g/mol. The lowest BCUT2D eigenvalue weighted by molar-refractivity contribution is 0.785. The first-order valence-electron chi connectivity index (χ1n) is 4.60. The summed E-state index contributed by atoms with van der Waals surface area (Å²) < 4.78 is 1.98. The minimum absolute atomic E-state index is 0.122. The lowest BCUT2D eigenvalue weighted by atomic mass is 10.3. The molecule has 1 aromatic heterocycles. The van der Waals surface area contributed by atoms with Crippen molar-refractivity contribution in [2.24, 2.45) is 0 Å². The van der Waals surface area contributed by atoms with Gasteiger partial charge in [-0.15, -0.1) is 0 Å². The third-order valence-corrected chi connectivity index (χ3v) is 2.94. The van der Waals surface area contributed by atoms with Crippen molar-refractivity contribution in [1.29, 1.82) is 0 Å². The van der Waals surface area contributed by atoms with E-state index in [9.17, 15) is 4.79 Å². The molecular formula is C11H8BrClN2O. The van der Waals surface area contributed by atoms with Gasteiger partial charge in [0.15, 0.2) is 4.60 Å². The van der Waals surface area contributed by atoms with Crippen LogP contribution in [0.5, 0.6) is 0 Å². The molecule has 0 saturated carbocycles. The molecule has 82 valence electrons. The van der Waals surface area contributed by atoms with Crippen LogP contribution in [-0.2, 0) is 0 Å². The van der Waals surface area contributed by atoms with E-state index in [1.165, 1.54) is 6.07 Å². The molecule has 0 spiro atoms. The highest BCUT2D eigenvalue weighted by atomic mass is 79.9. The van der Waals surface area contributed by atoms with Gasteiger partial charge in [0, 0.05) is 16.8 Å². The monoisotopic (exact) mass is 298 g/mol. The minimum atomic E-state index is -0.122. The van der Waals surface area contributed by atoms with Gasteiger partial charge in [-0.1, -0.05) is 11.6 Å². The van der Waals surface area contributed by atoms with Crippen molar-refractivity contribution in [3.8, 4) is 5.69 Å². The predicted molar refractivity (Wildman–Crippen MR) is 67.3 cm³/mol. The van der Waals surface area contributed by atoms with E-state index in [0.717, 1.165) is 11.4 Å². The van der Waals surface area contributed by atoms with Crippen LogP contribution in [0.25, 0.3) is 5.69 Å². The highest BCUT2D eigenvalue weighted by Crippen LogP contribution is 2.14. The Morgan fingerprint density at radius 1 is 1.31 bits per heavy atom. The minimum Gasteiger partial charge on any atom is -0.287 e. The zero-order chi connectivity index (χ0) is 11.7. The summed E-state index contributed by atoms with van der Waals surface area (Å²) in [4.78, 5) is 11.3. The fourth-order valence-electron chi connectivity index (χ4n) is 1.37. The number of halogens is 2. The van der Waals surface area contributed by atoms with Crippen LogP contribution in [0, 0.1) is 6.92 Å². The van der Waals surface area contributed by atoms with Crippen molar-refractivity contribution in [1.82, 2.24) is 9.78 Å². The maximum Gasteiger partial charge on any atom is 0.214 e. The number of hydrogen-bond donors (Lipinski definition) is 0. The van der Waals surface area contributed by atoms with Crippen molar-refractivity contribution in [2.45, 2.75) is 6.92 Å². The molecule has 0 unspecified atom stereocenters. The molecule has 1 aromatic carbocycles. The number of aryl methyl sites for hydroxylation is 1. The van der Waals surface area contributed by atoms with E-state index in [-0.39, 0.29) is 5.43 Å². The fourth-order valence-corrected chi connectivity index (χ4v) is 1.77. The maximum atomic E-state index is 11.3. The highest BCUT2D eigenvalue weighted by molar-refractivity contribution is 9.10. The Bertz CT molecular complexity index is 578. The van der Waals surface area contributed by atoms with Gasteiger partial charge >= 0.3 is 0 Å². The number of aromatic nitrogens is 2. The lowest BCUT2D eigenvalue weighted by Crippen LogP contribution is -2.13. The molecule has 0 radical (unpaired) electrons. The number of nitrogens with zero attached hydrogens (tertiary/aromatic N) is 2. The zero-order valence-corrected chi connectivity index (χ0v) is 10.8. The van der Waals surface area contributed by atoms with Gasteiger partial charge in [-0.25, -0.2) is 4.68 Å². The Morgan fingerprint density at radius 3 is 2.56 bits per heavy atom. The smallest absolute Gasteiger partial charge is 0.214 e. The Kier molecular flexibility index (Phi) is 3.12. The topological polar surface area (TPSA) is 34.9 Å². The third-order valence-electron chi connectivity index (χ3n) is 2.14. The summed E-state index contributed by atoms with van der Waals surface area (Å²) in [6.07, 6.45) is 0. The largest absolute Gasteiger partial charge is 0.287 e. The summed E-state index contributed by atoms with van der Waals surface area (Å²) in [5.41, 5.74) is 1.51. The quantitative estimate of drug-likeness (QED) is 0.811. The van der Waals surface area contributed by atoms with Gasteiger partial charge in [0.25, 0.3) is 0 Å². The van der Waals surface area contributed by atoms with Crippen LogP contribution in [0.15, 0.2) is 39.7 Å². The van der Waals surface area contributed by atoms with Crippen molar-refractivity contribution < 1.29 is 0 Å². The van der Waals surface area contributed by atoms with Crippen molar-refractivity contribution >= 4 is 27.5 Å².